The normalized spacial score (nSPS) is 16.9. The highest BCUT2D eigenvalue weighted by molar-refractivity contribution is 7.80. The molecule has 0 saturated heterocycles. The molecule has 0 aliphatic heterocycles. The summed E-state index contributed by atoms with van der Waals surface area (Å²) in [5.74, 6) is 0.131. The number of carbonyl (C=O) groups is 1. The molecule has 0 unspecified atom stereocenters. The standard InChI is InChI=1S/C12H23N3OS/c1-4-15(9-5-8-14(2)3)11(16)12(6-7-12)10(13)17/h4-9H2,1-3H3,(H2,13,17). The van der Waals surface area contributed by atoms with Gasteiger partial charge in [0, 0.05) is 13.1 Å². The Morgan fingerprint density at radius 3 is 2.29 bits per heavy atom. The number of nitrogens with two attached hydrogens (primary N) is 1. The van der Waals surface area contributed by atoms with Gasteiger partial charge in [0.25, 0.3) is 0 Å². The number of thiocarbonyl (C=S) groups is 1. The maximum absolute atomic E-state index is 12.3. The molecule has 1 aliphatic rings. The van der Waals surface area contributed by atoms with E-state index in [4.69, 9.17) is 18.0 Å². The summed E-state index contributed by atoms with van der Waals surface area (Å²) in [6.07, 6.45) is 2.64. The predicted molar refractivity (Wildman–Crippen MR) is 73.9 cm³/mol. The maximum atomic E-state index is 12.3. The average molecular weight is 257 g/mol. The number of hydrogen-bond donors (Lipinski definition) is 1. The molecule has 0 bridgehead atoms. The van der Waals surface area contributed by atoms with Crippen molar-refractivity contribution in [2.75, 3.05) is 33.7 Å². The lowest BCUT2D eigenvalue weighted by Gasteiger charge is -2.26. The number of nitrogens with zero attached hydrogens (tertiary/aromatic N) is 2. The van der Waals surface area contributed by atoms with Gasteiger partial charge in [0.1, 0.15) is 0 Å². The quantitative estimate of drug-likeness (QED) is 0.687. The first-order chi connectivity index (χ1) is 7.94. The van der Waals surface area contributed by atoms with Crippen LogP contribution in [0.2, 0.25) is 0 Å². The van der Waals surface area contributed by atoms with Crippen LogP contribution >= 0.6 is 12.2 Å². The van der Waals surface area contributed by atoms with E-state index in [1.165, 1.54) is 0 Å². The second-order valence-electron chi connectivity index (χ2n) is 4.99. The number of hydrogen-bond acceptors (Lipinski definition) is 3. The minimum Gasteiger partial charge on any atom is -0.392 e. The Balaban J connectivity index is 2.50. The monoisotopic (exact) mass is 257 g/mol. The fourth-order valence-electron chi connectivity index (χ4n) is 1.97. The molecule has 1 rings (SSSR count). The summed E-state index contributed by atoms with van der Waals surface area (Å²) < 4.78 is 0. The SMILES string of the molecule is CCN(CCCN(C)C)C(=O)C1(C(N)=S)CC1. The summed E-state index contributed by atoms with van der Waals surface area (Å²) in [4.78, 5) is 16.7. The molecule has 17 heavy (non-hydrogen) atoms. The molecule has 0 heterocycles. The van der Waals surface area contributed by atoms with E-state index in [9.17, 15) is 4.79 Å². The maximum Gasteiger partial charge on any atom is 0.235 e. The zero-order valence-electron chi connectivity index (χ0n) is 11.0. The van der Waals surface area contributed by atoms with Crippen LogP contribution in [0.15, 0.2) is 0 Å². The van der Waals surface area contributed by atoms with E-state index in [1.807, 2.05) is 25.9 Å². The van der Waals surface area contributed by atoms with E-state index in [0.717, 1.165) is 38.9 Å². The third kappa shape index (κ3) is 3.39. The summed E-state index contributed by atoms with van der Waals surface area (Å²) in [5.41, 5.74) is 5.18. The van der Waals surface area contributed by atoms with Crippen molar-refractivity contribution >= 4 is 23.1 Å². The largest absolute Gasteiger partial charge is 0.392 e. The zero-order valence-corrected chi connectivity index (χ0v) is 11.8. The molecule has 0 aromatic rings. The highest BCUT2D eigenvalue weighted by Gasteiger charge is 2.54. The Morgan fingerprint density at radius 2 is 1.94 bits per heavy atom. The van der Waals surface area contributed by atoms with Gasteiger partial charge in [0.05, 0.1) is 10.4 Å². The lowest BCUT2D eigenvalue weighted by atomic mass is 10.1. The van der Waals surface area contributed by atoms with Crippen molar-refractivity contribution in [2.45, 2.75) is 26.2 Å². The molecule has 0 aromatic carbocycles. The molecule has 1 saturated carbocycles. The second kappa shape index (κ2) is 5.78. The zero-order chi connectivity index (χ0) is 13.1. The third-order valence-electron chi connectivity index (χ3n) is 3.33. The second-order valence-corrected chi connectivity index (χ2v) is 5.43. The molecule has 5 heteroatoms. The fraction of sp³-hybridized carbons (Fsp3) is 0.833. The van der Waals surface area contributed by atoms with E-state index >= 15 is 0 Å². The summed E-state index contributed by atoms with van der Waals surface area (Å²) in [6.45, 7) is 4.52. The summed E-state index contributed by atoms with van der Waals surface area (Å²) in [6, 6.07) is 0. The Hall–Kier alpha value is -0.680. The Kier molecular flexibility index (Phi) is 4.89. The molecule has 0 aromatic heterocycles. The Morgan fingerprint density at radius 1 is 1.35 bits per heavy atom. The van der Waals surface area contributed by atoms with Gasteiger partial charge in [-0.15, -0.1) is 0 Å². The van der Waals surface area contributed by atoms with Crippen LogP contribution in [0.4, 0.5) is 0 Å². The van der Waals surface area contributed by atoms with Gasteiger partial charge < -0.3 is 15.5 Å². The van der Waals surface area contributed by atoms with Crippen molar-refractivity contribution in [3.63, 3.8) is 0 Å². The lowest BCUT2D eigenvalue weighted by molar-refractivity contribution is -0.134. The smallest absolute Gasteiger partial charge is 0.235 e. The van der Waals surface area contributed by atoms with Gasteiger partial charge in [-0.2, -0.15) is 0 Å². The highest BCUT2D eigenvalue weighted by Crippen LogP contribution is 2.47. The van der Waals surface area contributed by atoms with Crippen molar-refractivity contribution in [2.24, 2.45) is 11.1 Å². The summed E-state index contributed by atoms with van der Waals surface area (Å²) in [5, 5.41) is 0. The van der Waals surface area contributed by atoms with Crippen LogP contribution < -0.4 is 5.73 Å². The van der Waals surface area contributed by atoms with Crippen LogP contribution in [-0.2, 0) is 4.79 Å². The van der Waals surface area contributed by atoms with Crippen LogP contribution in [0.3, 0.4) is 0 Å². The molecule has 0 radical (unpaired) electrons. The third-order valence-corrected chi connectivity index (χ3v) is 3.72. The number of carbonyl (C=O) groups excluding carboxylic acids is 1. The van der Waals surface area contributed by atoms with Gasteiger partial charge in [-0.3, -0.25) is 4.79 Å². The molecule has 98 valence electrons. The molecule has 0 spiro atoms. The van der Waals surface area contributed by atoms with Crippen molar-refractivity contribution in [3.8, 4) is 0 Å². The van der Waals surface area contributed by atoms with Gasteiger partial charge in [-0.05, 0) is 46.8 Å². The molecule has 1 aliphatic carbocycles. The molecule has 2 N–H and O–H groups in total. The van der Waals surface area contributed by atoms with Crippen LogP contribution in [0.5, 0.6) is 0 Å². The van der Waals surface area contributed by atoms with Crippen LogP contribution in [-0.4, -0.2) is 54.4 Å². The lowest BCUT2D eigenvalue weighted by Crippen LogP contribution is -2.43. The van der Waals surface area contributed by atoms with Gasteiger partial charge in [-0.25, -0.2) is 0 Å². The van der Waals surface area contributed by atoms with Gasteiger partial charge in [0.15, 0.2) is 0 Å². The number of rotatable bonds is 7. The Bertz CT molecular complexity index is 300. The van der Waals surface area contributed by atoms with Gasteiger partial charge in [0.2, 0.25) is 5.91 Å². The van der Waals surface area contributed by atoms with Crippen molar-refractivity contribution < 1.29 is 4.79 Å². The van der Waals surface area contributed by atoms with E-state index in [0.29, 0.717) is 4.99 Å². The fourth-order valence-corrected chi connectivity index (χ4v) is 2.27. The number of amides is 1. The highest BCUT2D eigenvalue weighted by atomic mass is 32.1. The molecule has 1 amide bonds. The summed E-state index contributed by atoms with van der Waals surface area (Å²) in [7, 11) is 4.07. The first-order valence-electron chi connectivity index (χ1n) is 6.18. The predicted octanol–water partition coefficient (Wildman–Crippen LogP) is 0.853. The summed E-state index contributed by atoms with van der Waals surface area (Å²) >= 11 is 5.01. The van der Waals surface area contributed by atoms with Gasteiger partial charge >= 0.3 is 0 Å². The Labute approximate surface area is 109 Å². The first kappa shape index (κ1) is 14.4. The van der Waals surface area contributed by atoms with E-state index in [1.54, 1.807) is 0 Å². The average Bonchev–Trinajstić information content (AvgIpc) is 3.04. The van der Waals surface area contributed by atoms with E-state index in [-0.39, 0.29) is 5.91 Å². The molecule has 1 fully saturated rings. The topological polar surface area (TPSA) is 49.6 Å². The van der Waals surface area contributed by atoms with Gasteiger partial charge in [-0.1, -0.05) is 12.2 Å². The van der Waals surface area contributed by atoms with E-state index < -0.39 is 5.41 Å². The molecule has 4 nitrogen and oxygen atoms in total. The van der Waals surface area contributed by atoms with Crippen LogP contribution in [0.1, 0.15) is 26.2 Å². The molecule has 0 atom stereocenters. The first-order valence-corrected chi connectivity index (χ1v) is 6.59. The molecular weight excluding hydrogens is 234 g/mol. The minimum atomic E-state index is -0.497. The minimum absolute atomic E-state index is 0.131. The van der Waals surface area contributed by atoms with Crippen molar-refractivity contribution in [1.82, 2.24) is 9.80 Å². The molecular formula is C12H23N3OS. The van der Waals surface area contributed by atoms with Crippen LogP contribution in [0.25, 0.3) is 0 Å². The van der Waals surface area contributed by atoms with Crippen molar-refractivity contribution in [1.29, 1.82) is 0 Å². The van der Waals surface area contributed by atoms with Crippen LogP contribution in [0, 0.1) is 5.41 Å². The van der Waals surface area contributed by atoms with E-state index in [2.05, 4.69) is 4.90 Å². The van der Waals surface area contributed by atoms with Crippen molar-refractivity contribution in [3.05, 3.63) is 0 Å².